The van der Waals surface area contributed by atoms with Gasteiger partial charge in [-0.25, -0.2) is 9.59 Å². The molecule has 2 aromatic rings. The summed E-state index contributed by atoms with van der Waals surface area (Å²) in [6.45, 7) is 0. The number of rotatable bonds is 3. The highest BCUT2D eigenvalue weighted by molar-refractivity contribution is 6.14. The Kier molecular flexibility index (Phi) is 6.41. The molecule has 2 saturated carbocycles. The molecule has 6 rings (SSSR count). The van der Waals surface area contributed by atoms with Gasteiger partial charge < -0.3 is 49.6 Å². The van der Waals surface area contributed by atoms with Gasteiger partial charge in [-0.2, -0.15) is 0 Å². The Morgan fingerprint density at radius 1 is 0.750 bits per heavy atom. The van der Waals surface area contributed by atoms with Crippen molar-refractivity contribution in [2.24, 2.45) is 0 Å². The van der Waals surface area contributed by atoms with Crippen molar-refractivity contribution in [3.05, 3.63) is 46.5 Å². The lowest BCUT2D eigenvalue weighted by molar-refractivity contribution is -0.170. The number of benzene rings is 2. The van der Waals surface area contributed by atoms with E-state index in [1.54, 1.807) is 0 Å². The van der Waals surface area contributed by atoms with Gasteiger partial charge in [0.25, 0.3) is 11.2 Å². The second-order valence-electron chi connectivity index (χ2n) is 10.7. The minimum Gasteiger partial charge on any atom is -0.507 e. The number of esters is 2. The maximum atomic E-state index is 13.1. The molecule has 44 heavy (non-hydrogen) atoms. The third kappa shape index (κ3) is 3.48. The summed E-state index contributed by atoms with van der Waals surface area (Å²) in [7, 11) is 2.00. The molecule has 6 N–H and O–H groups in total. The van der Waals surface area contributed by atoms with Gasteiger partial charge in [0.1, 0.15) is 57.9 Å². The molecule has 2 heterocycles. The van der Waals surface area contributed by atoms with Crippen LogP contribution in [0.3, 0.4) is 0 Å². The van der Waals surface area contributed by atoms with Gasteiger partial charge in [0.05, 0.1) is 25.4 Å². The van der Waals surface area contributed by atoms with Crippen LogP contribution in [0.5, 0.6) is 23.0 Å². The second kappa shape index (κ2) is 9.72. The number of ether oxygens (including phenoxy) is 4. The van der Waals surface area contributed by atoms with Crippen molar-refractivity contribution < 1.29 is 68.8 Å². The van der Waals surface area contributed by atoms with Crippen molar-refractivity contribution in [3.8, 4) is 34.1 Å². The number of carbonyl (C=O) groups is 4. The summed E-state index contributed by atoms with van der Waals surface area (Å²) >= 11 is 0. The molecule has 14 heteroatoms. The predicted octanol–water partition coefficient (Wildman–Crippen LogP) is 1.36. The number of methoxy groups -OCH3 is 2. The lowest BCUT2D eigenvalue weighted by atomic mass is 9.73. The van der Waals surface area contributed by atoms with Crippen molar-refractivity contribution >= 4 is 35.0 Å². The molecule has 0 unspecified atom stereocenters. The van der Waals surface area contributed by atoms with Gasteiger partial charge in [-0.3, -0.25) is 9.59 Å². The zero-order valence-electron chi connectivity index (χ0n) is 23.2. The largest absolute Gasteiger partial charge is 0.507 e. The highest BCUT2D eigenvalue weighted by Crippen LogP contribution is 2.56. The quantitative estimate of drug-likeness (QED) is 0.270. The predicted molar refractivity (Wildman–Crippen MR) is 146 cm³/mol. The summed E-state index contributed by atoms with van der Waals surface area (Å²) < 4.78 is 21.5. The van der Waals surface area contributed by atoms with Crippen molar-refractivity contribution in [3.63, 3.8) is 0 Å². The van der Waals surface area contributed by atoms with Gasteiger partial charge in [-0.15, -0.1) is 0 Å². The van der Waals surface area contributed by atoms with Crippen LogP contribution in [-0.2, 0) is 28.7 Å². The number of carbonyl (C=O) groups excluding carboxylic acids is 4. The number of ketones is 2. The summed E-state index contributed by atoms with van der Waals surface area (Å²) in [5, 5.41) is 66.6. The molecule has 2 fully saturated rings. The van der Waals surface area contributed by atoms with E-state index >= 15 is 0 Å². The molecule has 230 valence electrons. The van der Waals surface area contributed by atoms with Crippen molar-refractivity contribution in [2.75, 3.05) is 14.2 Å². The summed E-state index contributed by atoms with van der Waals surface area (Å²) in [6.07, 6.45) is -4.13. The molecular weight excluding hydrogens is 584 g/mol. The Morgan fingerprint density at radius 2 is 1.25 bits per heavy atom. The minimum atomic E-state index is -2.52. The van der Waals surface area contributed by atoms with Crippen LogP contribution in [0.2, 0.25) is 0 Å². The maximum absolute atomic E-state index is 13.1. The van der Waals surface area contributed by atoms with Crippen molar-refractivity contribution in [2.45, 2.75) is 49.1 Å². The molecule has 0 radical (unpaired) electrons. The van der Waals surface area contributed by atoms with Crippen LogP contribution in [0, 0.1) is 0 Å². The van der Waals surface area contributed by atoms with Crippen LogP contribution >= 0.6 is 0 Å². The molecule has 2 aliphatic heterocycles. The van der Waals surface area contributed by atoms with Gasteiger partial charge >= 0.3 is 11.9 Å². The Labute approximate surface area is 248 Å². The Hall–Kier alpha value is -5.08. The fourth-order valence-electron chi connectivity index (χ4n) is 6.46. The number of fused-ring (bicyclic) bond motifs is 4. The van der Waals surface area contributed by atoms with Gasteiger partial charge in [-0.05, 0) is 37.1 Å². The molecule has 0 spiro atoms. The Balaban J connectivity index is 1.61. The third-order valence-electron chi connectivity index (χ3n) is 8.55. The maximum Gasteiger partial charge on any atom is 0.358 e. The van der Waals surface area contributed by atoms with Crippen LogP contribution < -0.4 is 9.47 Å². The van der Waals surface area contributed by atoms with Crippen molar-refractivity contribution in [1.29, 1.82) is 0 Å². The molecule has 14 nitrogen and oxygen atoms in total. The van der Waals surface area contributed by atoms with Gasteiger partial charge in [0.2, 0.25) is 0 Å². The van der Waals surface area contributed by atoms with E-state index in [1.165, 1.54) is 18.2 Å². The van der Waals surface area contributed by atoms with Crippen LogP contribution in [0.25, 0.3) is 22.6 Å². The zero-order chi connectivity index (χ0) is 31.9. The van der Waals surface area contributed by atoms with Crippen LogP contribution in [-0.4, -0.2) is 91.8 Å². The smallest absolute Gasteiger partial charge is 0.358 e. The monoisotopic (exact) mass is 610 g/mol. The van der Waals surface area contributed by atoms with Gasteiger partial charge in [-0.1, -0.05) is 0 Å². The standard InChI is InChI=1S/C30H26O14/c1-41-27(39)29-17(34)9-6-15(33)22(29)25(38)20-16(43-29)8-4-11(23(20)36)12-3-5-13(31)19-24(37)21-14(32)7-10-18(35)30(21,28(40)42-2)44-26(12)19/h3-5,8,17-18,31,34-38H,6-7,9-10H2,1-2H3/t17-,18-,29+,30+/m0/s1. The first-order valence-electron chi connectivity index (χ1n) is 13.4. The molecule has 0 aromatic heterocycles. The lowest BCUT2D eigenvalue weighted by Gasteiger charge is -2.43. The zero-order valence-corrected chi connectivity index (χ0v) is 23.2. The molecule has 4 atom stereocenters. The molecule has 4 aliphatic rings. The molecule has 0 saturated heterocycles. The molecule has 0 bridgehead atoms. The van der Waals surface area contributed by atoms with E-state index in [0.29, 0.717) is 0 Å². The Morgan fingerprint density at radius 3 is 1.80 bits per heavy atom. The SMILES string of the molecule is COC(=O)[C@]12Oc3ccc(-c4ccc(O)c5c4O[C@@]4(C(=O)OC)C(=C5O)C(=O)CC[C@@H]4O)c(O)c3C(O)=C1C(=O)CC[C@@H]2O. The number of aromatic hydroxyl groups is 2. The summed E-state index contributed by atoms with van der Waals surface area (Å²) in [4.78, 5) is 51.9. The topological polar surface area (TPSA) is 227 Å². The first-order valence-corrected chi connectivity index (χ1v) is 13.4. The fourth-order valence-corrected chi connectivity index (χ4v) is 6.46. The van der Waals surface area contributed by atoms with Gasteiger partial charge in [0.15, 0.2) is 11.6 Å². The van der Waals surface area contributed by atoms with Gasteiger partial charge in [0, 0.05) is 24.0 Å². The highest BCUT2D eigenvalue weighted by Gasteiger charge is 2.62. The Bertz CT molecular complexity index is 1750. The fraction of sp³-hybridized carbons (Fsp3) is 0.333. The van der Waals surface area contributed by atoms with E-state index in [0.717, 1.165) is 20.3 Å². The molecule has 2 aliphatic carbocycles. The van der Waals surface area contributed by atoms with E-state index in [1.807, 2.05) is 0 Å². The average molecular weight is 611 g/mol. The minimum absolute atomic E-state index is 0.102. The molecule has 2 aromatic carbocycles. The van der Waals surface area contributed by atoms with Crippen LogP contribution in [0.15, 0.2) is 35.4 Å². The van der Waals surface area contributed by atoms with Crippen molar-refractivity contribution in [1.82, 2.24) is 0 Å². The second-order valence-corrected chi connectivity index (χ2v) is 10.7. The summed E-state index contributed by atoms with van der Waals surface area (Å²) in [5.74, 6) is -7.58. The first kappa shape index (κ1) is 29.0. The number of hydrogen-bond donors (Lipinski definition) is 6. The highest BCUT2D eigenvalue weighted by atomic mass is 16.6. The van der Waals surface area contributed by atoms with E-state index in [4.69, 9.17) is 18.9 Å². The van der Waals surface area contributed by atoms with Crippen LogP contribution in [0.1, 0.15) is 36.8 Å². The summed E-state index contributed by atoms with van der Waals surface area (Å²) in [6, 6.07) is 4.80. The molecule has 0 amide bonds. The van der Waals surface area contributed by atoms with E-state index < -0.39 is 98.0 Å². The van der Waals surface area contributed by atoms with E-state index in [9.17, 15) is 49.8 Å². The number of aliphatic hydroxyl groups is 4. The van der Waals surface area contributed by atoms with E-state index in [-0.39, 0.29) is 42.6 Å². The number of hydrogen-bond acceptors (Lipinski definition) is 14. The third-order valence-corrected chi connectivity index (χ3v) is 8.55. The average Bonchev–Trinajstić information content (AvgIpc) is 3.00. The number of aliphatic hydroxyl groups excluding tert-OH is 4. The lowest BCUT2D eigenvalue weighted by Crippen LogP contribution is -2.61. The molecular formula is C30H26O14. The number of phenols is 2. The van der Waals surface area contributed by atoms with E-state index in [2.05, 4.69) is 0 Å². The number of phenolic OH excluding ortho intramolecular Hbond substituents is 2. The number of Topliss-reactive ketones (excluding diaryl/α,β-unsaturated/α-hetero) is 2. The summed E-state index contributed by atoms with van der Waals surface area (Å²) in [5.41, 5.74) is -7.27. The first-order chi connectivity index (χ1) is 20.9. The van der Waals surface area contributed by atoms with Crippen LogP contribution in [0.4, 0.5) is 0 Å². The normalized spacial score (nSPS) is 27.3.